The molecule has 1 aliphatic heterocycles. The van der Waals surface area contributed by atoms with Crippen LogP contribution in [-0.2, 0) is 9.59 Å². The topological polar surface area (TPSA) is 118 Å². The fraction of sp³-hybridized carbons (Fsp3) is 0.476. The first kappa shape index (κ1) is 20.9. The quantitative estimate of drug-likeness (QED) is 0.503. The first-order chi connectivity index (χ1) is 13.9. The second kappa shape index (κ2) is 9.09. The number of carbonyl (C=O) groups excluding carboxylic acids is 3. The van der Waals surface area contributed by atoms with Crippen molar-refractivity contribution < 1.29 is 14.4 Å². The van der Waals surface area contributed by atoms with Crippen molar-refractivity contribution in [2.75, 3.05) is 13.1 Å². The number of nitrogens with zero attached hydrogens (tertiary/aromatic N) is 1. The summed E-state index contributed by atoms with van der Waals surface area (Å²) in [5.41, 5.74) is 12.3. The van der Waals surface area contributed by atoms with E-state index in [0.717, 1.165) is 23.7 Å². The molecule has 2 heterocycles. The summed E-state index contributed by atoms with van der Waals surface area (Å²) in [7, 11) is 0. The Kier molecular flexibility index (Phi) is 6.53. The van der Waals surface area contributed by atoms with Crippen LogP contribution in [0.5, 0.6) is 0 Å². The van der Waals surface area contributed by atoms with Crippen molar-refractivity contribution in [2.45, 2.75) is 39.2 Å². The molecule has 3 rings (SSSR count). The SMILES string of the molecule is CC(C)C[C@@H](C(=O)NNC[C@@H]1CCCNC1=O)n1c(C(N)=O)cc2ccccc21. The van der Waals surface area contributed by atoms with E-state index >= 15 is 0 Å². The molecule has 156 valence electrons. The van der Waals surface area contributed by atoms with E-state index in [-0.39, 0.29) is 23.7 Å². The van der Waals surface area contributed by atoms with Crippen LogP contribution >= 0.6 is 0 Å². The molecule has 1 aliphatic rings. The zero-order valence-corrected chi connectivity index (χ0v) is 16.9. The van der Waals surface area contributed by atoms with Crippen molar-refractivity contribution in [3.63, 3.8) is 0 Å². The minimum Gasteiger partial charge on any atom is -0.364 e. The van der Waals surface area contributed by atoms with Crippen LogP contribution in [0.25, 0.3) is 10.9 Å². The molecule has 0 aliphatic carbocycles. The van der Waals surface area contributed by atoms with Gasteiger partial charge >= 0.3 is 0 Å². The number of nitrogens with two attached hydrogens (primary N) is 1. The lowest BCUT2D eigenvalue weighted by Crippen LogP contribution is -2.48. The molecule has 8 nitrogen and oxygen atoms in total. The second-order valence-electron chi connectivity index (χ2n) is 7.97. The number of para-hydroxylation sites is 1. The highest BCUT2D eigenvalue weighted by molar-refractivity contribution is 5.99. The molecular formula is C21H29N5O3. The number of fused-ring (bicyclic) bond motifs is 1. The number of aromatic nitrogens is 1. The minimum absolute atomic E-state index is 0.00384. The van der Waals surface area contributed by atoms with Gasteiger partial charge < -0.3 is 15.6 Å². The van der Waals surface area contributed by atoms with Crippen LogP contribution in [0.3, 0.4) is 0 Å². The number of hydrogen-bond acceptors (Lipinski definition) is 4. The number of hydrogen-bond donors (Lipinski definition) is 4. The van der Waals surface area contributed by atoms with Crippen molar-refractivity contribution >= 4 is 28.6 Å². The molecule has 29 heavy (non-hydrogen) atoms. The van der Waals surface area contributed by atoms with E-state index < -0.39 is 11.9 Å². The molecule has 1 aromatic heterocycles. The van der Waals surface area contributed by atoms with Crippen molar-refractivity contribution in [2.24, 2.45) is 17.6 Å². The number of hydrazine groups is 1. The monoisotopic (exact) mass is 399 g/mol. The minimum atomic E-state index is -0.606. The van der Waals surface area contributed by atoms with Gasteiger partial charge in [0.25, 0.3) is 11.8 Å². The van der Waals surface area contributed by atoms with Gasteiger partial charge in [-0.05, 0) is 37.3 Å². The lowest BCUT2D eigenvalue weighted by atomic mass is 9.99. The van der Waals surface area contributed by atoms with E-state index in [2.05, 4.69) is 16.2 Å². The third-order valence-corrected chi connectivity index (χ3v) is 5.27. The van der Waals surface area contributed by atoms with Gasteiger partial charge in [0.2, 0.25) is 5.91 Å². The summed E-state index contributed by atoms with van der Waals surface area (Å²) in [6.45, 7) is 5.11. The molecule has 1 fully saturated rings. The van der Waals surface area contributed by atoms with E-state index in [1.807, 2.05) is 38.1 Å². The molecule has 0 unspecified atom stereocenters. The van der Waals surface area contributed by atoms with Gasteiger partial charge in [0.05, 0.1) is 5.92 Å². The summed E-state index contributed by atoms with van der Waals surface area (Å²) in [6.07, 6.45) is 2.26. The van der Waals surface area contributed by atoms with Crippen LogP contribution in [0.15, 0.2) is 30.3 Å². The standard InChI is InChI=1S/C21H29N5O3/c1-13(2)10-18(21(29)25-24-12-15-7-5-9-23-20(15)28)26-16-8-4-3-6-14(16)11-17(26)19(22)27/h3-4,6,8,11,13,15,18,24H,5,7,9-10,12H2,1-2H3,(H2,22,27)(H,23,28)(H,25,29)/t15-,18-/m0/s1. The lowest BCUT2D eigenvalue weighted by molar-refractivity contribution is -0.128. The Hall–Kier alpha value is -2.87. The van der Waals surface area contributed by atoms with Crippen LogP contribution in [0.1, 0.15) is 49.6 Å². The molecular weight excluding hydrogens is 370 g/mol. The van der Waals surface area contributed by atoms with E-state index in [9.17, 15) is 14.4 Å². The van der Waals surface area contributed by atoms with Crippen molar-refractivity contribution in [3.05, 3.63) is 36.0 Å². The number of carbonyl (C=O) groups is 3. The lowest BCUT2D eigenvalue weighted by Gasteiger charge is -2.25. The molecule has 3 amide bonds. The Balaban J connectivity index is 1.81. The Morgan fingerprint density at radius 2 is 2.07 bits per heavy atom. The summed E-state index contributed by atoms with van der Waals surface area (Å²) in [5, 5.41) is 3.69. The summed E-state index contributed by atoms with van der Waals surface area (Å²) in [5.74, 6) is -0.782. The molecule has 0 radical (unpaired) electrons. The molecule has 8 heteroatoms. The number of nitrogens with one attached hydrogen (secondary N) is 3. The fourth-order valence-corrected chi connectivity index (χ4v) is 3.85. The van der Waals surface area contributed by atoms with Crippen molar-refractivity contribution in [3.8, 4) is 0 Å². The molecule has 5 N–H and O–H groups in total. The Morgan fingerprint density at radius 1 is 1.31 bits per heavy atom. The van der Waals surface area contributed by atoms with E-state index in [1.165, 1.54) is 0 Å². The number of amides is 3. The van der Waals surface area contributed by atoms with Gasteiger partial charge in [-0.15, -0.1) is 0 Å². The Morgan fingerprint density at radius 3 is 2.76 bits per heavy atom. The first-order valence-corrected chi connectivity index (χ1v) is 10.1. The van der Waals surface area contributed by atoms with Gasteiger partial charge in [0, 0.05) is 24.0 Å². The van der Waals surface area contributed by atoms with Gasteiger partial charge in [-0.3, -0.25) is 19.8 Å². The summed E-state index contributed by atoms with van der Waals surface area (Å²) in [4.78, 5) is 37.0. The predicted molar refractivity (Wildman–Crippen MR) is 111 cm³/mol. The molecule has 0 bridgehead atoms. The van der Waals surface area contributed by atoms with Crippen LogP contribution in [0.4, 0.5) is 0 Å². The highest BCUT2D eigenvalue weighted by Crippen LogP contribution is 2.28. The highest BCUT2D eigenvalue weighted by atomic mass is 16.2. The van der Waals surface area contributed by atoms with Gasteiger partial charge in [-0.1, -0.05) is 32.0 Å². The molecule has 1 aromatic carbocycles. The number of rotatable bonds is 8. The third-order valence-electron chi connectivity index (χ3n) is 5.27. The van der Waals surface area contributed by atoms with Gasteiger partial charge in [-0.25, -0.2) is 5.43 Å². The molecule has 2 atom stereocenters. The molecule has 2 aromatic rings. The van der Waals surface area contributed by atoms with Gasteiger partial charge in [0.1, 0.15) is 11.7 Å². The number of piperidine rings is 1. The predicted octanol–water partition coefficient (Wildman–Crippen LogP) is 1.47. The van der Waals surface area contributed by atoms with Crippen LogP contribution in [0, 0.1) is 11.8 Å². The average Bonchev–Trinajstić information content (AvgIpc) is 3.07. The van der Waals surface area contributed by atoms with Crippen LogP contribution in [-0.4, -0.2) is 35.4 Å². The highest BCUT2D eigenvalue weighted by Gasteiger charge is 2.28. The van der Waals surface area contributed by atoms with E-state index in [4.69, 9.17) is 5.73 Å². The second-order valence-corrected chi connectivity index (χ2v) is 7.97. The maximum absolute atomic E-state index is 13.1. The average molecular weight is 399 g/mol. The van der Waals surface area contributed by atoms with Gasteiger partial charge in [-0.2, -0.15) is 0 Å². The van der Waals surface area contributed by atoms with E-state index in [0.29, 0.717) is 25.2 Å². The number of benzene rings is 1. The maximum Gasteiger partial charge on any atom is 0.265 e. The summed E-state index contributed by atoms with van der Waals surface area (Å²) in [6, 6.07) is 8.63. The van der Waals surface area contributed by atoms with Crippen molar-refractivity contribution in [1.82, 2.24) is 20.7 Å². The Labute approximate surface area is 170 Å². The van der Waals surface area contributed by atoms with Crippen LogP contribution < -0.4 is 21.9 Å². The molecule has 0 spiro atoms. The Bertz CT molecular complexity index is 905. The van der Waals surface area contributed by atoms with Gasteiger partial charge in [0.15, 0.2) is 0 Å². The number of primary amides is 1. The zero-order chi connectivity index (χ0) is 21.0. The maximum atomic E-state index is 13.1. The molecule has 1 saturated heterocycles. The smallest absolute Gasteiger partial charge is 0.265 e. The summed E-state index contributed by atoms with van der Waals surface area (Å²) >= 11 is 0. The largest absolute Gasteiger partial charge is 0.364 e. The van der Waals surface area contributed by atoms with E-state index in [1.54, 1.807) is 10.6 Å². The van der Waals surface area contributed by atoms with Crippen molar-refractivity contribution in [1.29, 1.82) is 0 Å². The zero-order valence-electron chi connectivity index (χ0n) is 16.9. The fourth-order valence-electron chi connectivity index (χ4n) is 3.85. The first-order valence-electron chi connectivity index (χ1n) is 10.1. The van der Waals surface area contributed by atoms with Crippen LogP contribution in [0.2, 0.25) is 0 Å². The summed E-state index contributed by atoms with van der Waals surface area (Å²) < 4.78 is 1.72. The normalized spacial score (nSPS) is 17.9. The molecule has 0 saturated carbocycles. The third kappa shape index (κ3) is 4.76.